The molecule has 0 saturated carbocycles. The maximum absolute atomic E-state index is 12.1. The fourth-order valence-corrected chi connectivity index (χ4v) is 3.06. The lowest BCUT2D eigenvalue weighted by Gasteiger charge is -2.17. The molecule has 1 aromatic carbocycles. The lowest BCUT2D eigenvalue weighted by atomic mass is 10.0. The average Bonchev–Trinajstić information content (AvgIpc) is 2.86. The molecule has 0 bridgehead atoms. The first kappa shape index (κ1) is 13.1. The van der Waals surface area contributed by atoms with Crippen molar-refractivity contribution >= 4 is 15.7 Å². The van der Waals surface area contributed by atoms with Gasteiger partial charge in [0.25, 0.3) is 10.0 Å². The van der Waals surface area contributed by atoms with Crippen LogP contribution in [0.3, 0.4) is 0 Å². The topological polar surface area (TPSA) is 86.1 Å². The number of fused-ring (bicyclic) bond motifs is 1. The number of nitrogens with zero attached hydrogens (tertiary/aromatic N) is 3. The van der Waals surface area contributed by atoms with Crippen LogP contribution in [0.4, 0.5) is 5.69 Å². The Labute approximate surface area is 116 Å². The molecule has 1 aliphatic heterocycles. The summed E-state index contributed by atoms with van der Waals surface area (Å²) >= 11 is 0. The SMILES string of the molecule is Cn1cc(S(=O)(=O)Nc2ccc3c(c2)CCOC3)nn1. The van der Waals surface area contributed by atoms with Gasteiger partial charge >= 0.3 is 0 Å². The van der Waals surface area contributed by atoms with Crippen LogP contribution in [0.25, 0.3) is 0 Å². The van der Waals surface area contributed by atoms with E-state index >= 15 is 0 Å². The molecule has 0 saturated heterocycles. The molecule has 106 valence electrons. The number of ether oxygens (including phenoxy) is 1. The smallest absolute Gasteiger partial charge is 0.282 e. The second-order valence-electron chi connectivity index (χ2n) is 4.62. The summed E-state index contributed by atoms with van der Waals surface area (Å²) in [7, 11) is -2.08. The number of rotatable bonds is 3. The zero-order valence-electron chi connectivity index (χ0n) is 10.9. The lowest BCUT2D eigenvalue weighted by molar-refractivity contribution is 0.111. The van der Waals surface area contributed by atoms with Crippen molar-refractivity contribution in [2.45, 2.75) is 18.1 Å². The zero-order valence-corrected chi connectivity index (χ0v) is 11.7. The number of anilines is 1. The van der Waals surface area contributed by atoms with Gasteiger partial charge in [0.05, 0.1) is 19.4 Å². The van der Waals surface area contributed by atoms with E-state index in [0.717, 1.165) is 17.5 Å². The molecule has 0 unspecified atom stereocenters. The minimum atomic E-state index is -3.69. The molecular weight excluding hydrogens is 280 g/mol. The van der Waals surface area contributed by atoms with Gasteiger partial charge in [-0.25, -0.2) is 0 Å². The molecule has 8 heteroatoms. The summed E-state index contributed by atoms with van der Waals surface area (Å²) in [6.45, 7) is 1.24. The largest absolute Gasteiger partial charge is 0.376 e. The van der Waals surface area contributed by atoms with E-state index in [-0.39, 0.29) is 5.03 Å². The molecule has 0 aliphatic carbocycles. The molecule has 7 nitrogen and oxygen atoms in total. The van der Waals surface area contributed by atoms with Crippen molar-refractivity contribution in [3.63, 3.8) is 0 Å². The van der Waals surface area contributed by atoms with Gasteiger partial charge in [0, 0.05) is 12.7 Å². The molecule has 2 aromatic rings. The van der Waals surface area contributed by atoms with Crippen LogP contribution in [0.15, 0.2) is 29.4 Å². The third kappa shape index (κ3) is 2.52. The van der Waals surface area contributed by atoms with Gasteiger partial charge in [-0.1, -0.05) is 11.3 Å². The van der Waals surface area contributed by atoms with E-state index in [1.54, 1.807) is 13.1 Å². The van der Waals surface area contributed by atoms with Gasteiger partial charge in [0.15, 0.2) is 0 Å². The van der Waals surface area contributed by atoms with Crippen LogP contribution in [-0.2, 0) is 34.8 Å². The highest BCUT2D eigenvalue weighted by molar-refractivity contribution is 7.92. The van der Waals surface area contributed by atoms with Gasteiger partial charge in [0.1, 0.15) is 0 Å². The van der Waals surface area contributed by atoms with Crippen molar-refractivity contribution < 1.29 is 13.2 Å². The Morgan fingerprint density at radius 3 is 2.95 bits per heavy atom. The summed E-state index contributed by atoms with van der Waals surface area (Å²) in [5.74, 6) is 0. The van der Waals surface area contributed by atoms with Crippen LogP contribution in [0.1, 0.15) is 11.1 Å². The summed E-state index contributed by atoms with van der Waals surface area (Å²) in [6.07, 6.45) is 2.14. The van der Waals surface area contributed by atoms with Gasteiger partial charge in [0.2, 0.25) is 5.03 Å². The molecule has 3 rings (SSSR count). The normalized spacial score (nSPS) is 14.8. The monoisotopic (exact) mass is 294 g/mol. The van der Waals surface area contributed by atoms with Crippen LogP contribution in [0.5, 0.6) is 0 Å². The maximum Gasteiger partial charge on any atom is 0.282 e. The Bertz CT molecular complexity index is 739. The molecule has 2 heterocycles. The van der Waals surface area contributed by atoms with Crippen molar-refractivity contribution in [2.24, 2.45) is 7.05 Å². The predicted molar refractivity (Wildman–Crippen MR) is 71.6 cm³/mol. The molecular formula is C12H14N4O3S. The highest BCUT2D eigenvalue weighted by Gasteiger charge is 2.19. The van der Waals surface area contributed by atoms with Crippen molar-refractivity contribution in [1.29, 1.82) is 0 Å². The molecule has 20 heavy (non-hydrogen) atoms. The van der Waals surface area contributed by atoms with Crippen molar-refractivity contribution in [3.8, 4) is 0 Å². The number of sulfonamides is 1. The third-order valence-corrected chi connectivity index (χ3v) is 4.33. The van der Waals surface area contributed by atoms with Crippen LogP contribution in [0, 0.1) is 0 Å². The molecule has 0 amide bonds. The summed E-state index contributed by atoms with van der Waals surface area (Å²) in [5.41, 5.74) is 2.73. The summed E-state index contributed by atoms with van der Waals surface area (Å²) in [6, 6.07) is 5.44. The number of hydrogen-bond acceptors (Lipinski definition) is 5. The van der Waals surface area contributed by atoms with E-state index in [1.807, 2.05) is 12.1 Å². The number of hydrogen-bond donors (Lipinski definition) is 1. The Hall–Kier alpha value is -1.93. The zero-order chi connectivity index (χ0) is 14.2. The molecule has 1 N–H and O–H groups in total. The summed E-state index contributed by atoms with van der Waals surface area (Å²) in [5, 5.41) is 7.14. The number of aromatic nitrogens is 3. The second kappa shape index (κ2) is 4.88. The van der Waals surface area contributed by atoms with Crippen molar-refractivity contribution in [1.82, 2.24) is 15.0 Å². The van der Waals surface area contributed by atoms with Crippen LogP contribution in [0.2, 0.25) is 0 Å². The van der Waals surface area contributed by atoms with E-state index in [0.29, 0.717) is 18.9 Å². The molecule has 0 fully saturated rings. The maximum atomic E-state index is 12.1. The van der Waals surface area contributed by atoms with E-state index < -0.39 is 10.0 Å². The lowest BCUT2D eigenvalue weighted by Crippen LogP contribution is -2.15. The van der Waals surface area contributed by atoms with Crippen LogP contribution < -0.4 is 4.72 Å². The van der Waals surface area contributed by atoms with Crippen molar-refractivity contribution in [2.75, 3.05) is 11.3 Å². The Kier molecular flexibility index (Phi) is 3.19. The first-order valence-corrected chi connectivity index (χ1v) is 7.61. The molecule has 0 radical (unpaired) electrons. The fourth-order valence-electron chi connectivity index (χ4n) is 2.08. The van der Waals surface area contributed by atoms with Gasteiger partial charge in [-0.2, -0.15) is 8.42 Å². The van der Waals surface area contributed by atoms with Gasteiger partial charge in [-0.3, -0.25) is 9.40 Å². The van der Waals surface area contributed by atoms with Crippen molar-refractivity contribution in [3.05, 3.63) is 35.5 Å². The highest BCUT2D eigenvalue weighted by atomic mass is 32.2. The van der Waals surface area contributed by atoms with E-state index in [9.17, 15) is 8.42 Å². The number of benzene rings is 1. The quantitative estimate of drug-likeness (QED) is 0.900. The van der Waals surface area contributed by atoms with Crippen LogP contribution >= 0.6 is 0 Å². The second-order valence-corrected chi connectivity index (χ2v) is 6.25. The van der Waals surface area contributed by atoms with Crippen LogP contribution in [-0.4, -0.2) is 30.0 Å². The first-order valence-electron chi connectivity index (χ1n) is 6.13. The third-order valence-electron chi connectivity index (χ3n) is 3.09. The van der Waals surface area contributed by atoms with Gasteiger partial charge in [-0.15, -0.1) is 5.10 Å². The van der Waals surface area contributed by atoms with Gasteiger partial charge in [-0.05, 0) is 29.7 Å². The van der Waals surface area contributed by atoms with E-state index in [4.69, 9.17) is 4.74 Å². The number of nitrogens with one attached hydrogen (secondary N) is 1. The summed E-state index contributed by atoms with van der Waals surface area (Å²) in [4.78, 5) is 0. The number of aryl methyl sites for hydroxylation is 1. The molecule has 1 aromatic heterocycles. The highest BCUT2D eigenvalue weighted by Crippen LogP contribution is 2.22. The average molecular weight is 294 g/mol. The first-order chi connectivity index (χ1) is 9.54. The Morgan fingerprint density at radius 1 is 1.35 bits per heavy atom. The summed E-state index contributed by atoms with van der Waals surface area (Å²) < 4.78 is 33.5. The molecule has 0 spiro atoms. The predicted octanol–water partition coefficient (Wildman–Crippen LogP) is 0.689. The van der Waals surface area contributed by atoms with E-state index in [1.165, 1.54) is 10.9 Å². The molecule has 1 aliphatic rings. The standard InChI is InChI=1S/C12H14N4O3S/c1-16-7-12(13-15-16)20(17,18)14-11-3-2-10-8-19-5-4-9(10)6-11/h2-3,6-7,14H,4-5,8H2,1H3. The fraction of sp³-hybridized carbons (Fsp3) is 0.333. The minimum absolute atomic E-state index is 0.0962. The minimum Gasteiger partial charge on any atom is -0.376 e. The van der Waals surface area contributed by atoms with E-state index in [2.05, 4.69) is 15.0 Å². The Morgan fingerprint density at radius 2 is 2.20 bits per heavy atom. The van der Waals surface area contributed by atoms with Gasteiger partial charge < -0.3 is 4.74 Å². The Balaban J connectivity index is 1.87. The molecule has 0 atom stereocenters.